The zero-order valence-corrected chi connectivity index (χ0v) is 37.8. The second kappa shape index (κ2) is 17.6. The van der Waals surface area contributed by atoms with Gasteiger partial charge in [0, 0.05) is 92.3 Å². The van der Waals surface area contributed by atoms with Gasteiger partial charge in [0.1, 0.15) is 12.2 Å². The fourth-order valence-corrected chi connectivity index (χ4v) is 13.7. The summed E-state index contributed by atoms with van der Waals surface area (Å²) in [6, 6.07) is 8.22. The van der Waals surface area contributed by atoms with Crippen molar-refractivity contribution in [3.8, 4) is 0 Å². The van der Waals surface area contributed by atoms with Gasteiger partial charge < -0.3 is 20.1 Å². The molecule has 2 spiro atoms. The fourth-order valence-electron chi connectivity index (χ4n) is 13.5. The number of fused-ring (bicyclic) bond motifs is 6. The summed E-state index contributed by atoms with van der Waals surface area (Å²) in [4.78, 5) is 55.0. The summed E-state index contributed by atoms with van der Waals surface area (Å²) in [5, 5.41) is 9.23. The number of halogens is 1. The van der Waals surface area contributed by atoms with Crippen molar-refractivity contribution >= 4 is 40.1 Å². The van der Waals surface area contributed by atoms with Crippen LogP contribution in [0.25, 0.3) is 10.9 Å². The van der Waals surface area contributed by atoms with E-state index in [1.807, 2.05) is 30.5 Å². The van der Waals surface area contributed by atoms with Gasteiger partial charge in [0.25, 0.3) is 0 Å². The Labute approximate surface area is 362 Å². The maximum absolute atomic E-state index is 13.0. The number of nitrogens with zero attached hydrogens (tertiary/aromatic N) is 1. The molecular weight excluding hydrogens is 782 g/mol. The van der Waals surface area contributed by atoms with Crippen molar-refractivity contribution in [2.45, 2.75) is 168 Å². The molecule has 12 heteroatoms. The van der Waals surface area contributed by atoms with Gasteiger partial charge in [-0.2, -0.15) is 19.6 Å². The Morgan fingerprint density at radius 2 is 1.60 bits per heavy atom. The third-order valence-corrected chi connectivity index (χ3v) is 16.9. The summed E-state index contributed by atoms with van der Waals surface area (Å²) in [5.74, 6) is -0.210. The van der Waals surface area contributed by atoms with Crippen molar-refractivity contribution in [3.05, 3.63) is 35.5 Å². The number of hydrogen-bond donors (Lipinski definition) is 2. The molecule has 0 amide bonds. The molecular formula is C48H70ClN3O8. The van der Waals surface area contributed by atoms with Crippen LogP contribution < -0.4 is 10.6 Å². The maximum Gasteiger partial charge on any atom is 0.302 e. The average Bonchev–Trinajstić information content (AvgIpc) is 3.57. The number of carbonyl (C=O) groups is 2. The van der Waals surface area contributed by atoms with Crippen LogP contribution in [0, 0.1) is 52.3 Å². The van der Waals surface area contributed by atoms with E-state index in [-0.39, 0.29) is 58.6 Å². The number of rotatable bonds is 12. The molecule has 60 heavy (non-hydrogen) atoms. The first kappa shape index (κ1) is 44.1. The fraction of sp³-hybridized carbons (Fsp3) is 0.771. The van der Waals surface area contributed by atoms with E-state index in [1.165, 1.54) is 0 Å². The van der Waals surface area contributed by atoms with Gasteiger partial charge in [0.05, 0.1) is 5.52 Å². The summed E-state index contributed by atoms with van der Waals surface area (Å²) < 4.78 is 12.9. The molecule has 11 atom stereocenters. The van der Waals surface area contributed by atoms with Crippen LogP contribution >= 0.6 is 11.6 Å². The molecule has 0 bridgehead atoms. The van der Waals surface area contributed by atoms with Gasteiger partial charge >= 0.3 is 11.9 Å². The van der Waals surface area contributed by atoms with Crippen LogP contribution in [0.2, 0.25) is 5.02 Å². The molecule has 1 aromatic heterocycles. The van der Waals surface area contributed by atoms with Gasteiger partial charge in [0.15, 0.2) is 0 Å². The summed E-state index contributed by atoms with van der Waals surface area (Å²) in [6.07, 6.45) is 13.9. The van der Waals surface area contributed by atoms with Crippen molar-refractivity contribution in [1.29, 1.82) is 0 Å². The van der Waals surface area contributed by atoms with E-state index in [4.69, 9.17) is 40.6 Å². The number of ether oxygens (including phenoxy) is 2. The summed E-state index contributed by atoms with van der Waals surface area (Å²) in [6.45, 7) is 16.6. The number of hydrogen-bond acceptors (Lipinski definition) is 11. The summed E-state index contributed by atoms with van der Waals surface area (Å²) in [7, 11) is 0. The first-order valence-corrected chi connectivity index (χ1v) is 23.6. The summed E-state index contributed by atoms with van der Waals surface area (Å²) >= 11 is 6.22. The molecule has 0 radical (unpaired) electrons. The molecule has 8 rings (SSSR count). The highest BCUT2D eigenvalue weighted by Crippen LogP contribution is 2.70. The van der Waals surface area contributed by atoms with Gasteiger partial charge in [-0.15, -0.1) is 0 Å². The molecule has 11 nitrogen and oxygen atoms in total. The number of aromatic nitrogens is 1. The van der Waals surface area contributed by atoms with Gasteiger partial charge in [-0.05, 0) is 123 Å². The number of benzene rings is 1. The molecule has 1 aliphatic heterocycles. The van der Waals surface area contributed by atoms with Crippen molar-refractivity contribution in [2.24, 2.45) is 52.3 Å². The molecule has 2 heterocycles. The molecule has 1 saturated heterocycles. The van der Waals surface area contributed by atoms with E-state index in [9.17, 15) is 9.59 Å². The number of esters is 2. The molecule has 6 aliphatic rings. The second-order valence-corrected chi connectivity index (χ2v) is 20.9. The lowest BCUT2D eigenvalue weighted by Crippen LogP contribution is -2.65. The minimum Gasteiger partial charge on any atom is -0.462 e. The Morgan fingerprint density at radius 3 is 2.32 bits per heavy atom. The predicted molar refractivity (Wildman–Crippen MR) is 230 cm³/mol. The number of anilines is 1. The molecule has 1 aromatic carbocycles. The highest BCUT2D eigenvalue weighted by Gasteiger charge is 2.69. The van der Waals surface area contributed by atoms with Crippen LogP contribution in [0.1, 0.15) is 138 Å². The number of carbonyl (C=O) groups excluding carboxylic acids is 2. The lowest BCUT2D eigenvalue weighted by Gasteiger charge is -2.65. The van der Waals surface area contributed by atoms with Gasteiger partial charge in [-0.3, -0.25) is 14.6 Å². The molecule has 6 fully saturated rings. The SMILES string of the molecule is CC(=O)O[C@H]1C[C@H]2[C@@H]([C@H](OC(C)=O)C[C@@H]3CC4(CC[C@@]32C)OOC2(CCCCC2)OO4)[C@@H]2CC[C@H]([C@H](C)CCC(NCCNc3ccnc4cc(Cl)ccc34)C(C)C)[C@@]12C. The normalized spacial score (nSPS) is 35.3. The second-order valence-electron chi connectivity index (χ2n) is 20.5. The third-order valence-electron chi connectivity index (χ3n) is 16.7. The maximum atomic E-state index is 13.0. The molecule has 332 valence electrons. The average molecular weight is 853 g/mol. The van der Waals surface area contributed by atoms with Gasteiger partial charge in [-0.25, -0.2) is 0 Å². The van der Waals surface area contributed by atoms with E-state index in [0.29, 0.717) is 41.7 Å². The Bertz CT molecular complexity index is 1850. The quantitative estimate of drug-likeness (QED) is 0.120. The molecule has 2 aromatic rings. The first-order valence-electron chi connectivity index (χ1n) is 23.2. The van der Waals surface area contributed by atoms with Crippen LogP contribution in [0.3, 0.4) is 0 Å². The molecule has 5 aliphatic carbocycles. The number of nitrogens with one attached hydrogen (secondary N) is 2. The van der Waals surface area contributed by atoms with E-state index in [0.717, 1.165) is 107 Å². The smallest absolute Gasteiger partial charge is 0.302 e. The largest absolute Gasteiger partial charge is 0.462 e. The monoisotopic (exact) mass is 851 g/mol. The van der Waals surface area contributed by atoms with E-state index in [2.05, 4.69) is 50.2 Å². The Kier molecular flexibility index (Phi) is 12.9. The lowest BCUT2D eigenvalue weighted by atomic mass is 9.42. The van der Waals surface area contributed by atoms with E-state index >= 15 is 0 Å². The Hall–Kier alpha value is -2.54. The zero-order valence-electron chi connectivity index (χ0n) is 37.1. The minimum atomic E-state index is -0.990. The molecule has 2 N–H and O–H groups in total. The molecule has 1 unspecified atom stereocenters. The lowest BCUT2D eigenvalue weighted by molar-refractivity contribution is -0.665. The van der Waals surface area contributed by atoms with Crippen LogP contribution in [0.5, 0.6) is 0 Å². The van der Waals surface area contributed by atoms with E-state index < -0.39 is 11.6 Å². The highest BCUT2D eigenvalue weighted by molar-refractivity contribution is 6.31. The third kappa shape index (κ3) is 8.46. The zero-order chi connectivity index (χ0) is 42.5. The van der Waals surface area contributed by atoms with Crippen molar-refractivity contribution in [3.63, 3.8) is 0 Å². The van der Waals surface area contributed by atoms with E-state index in [1.54, 1.807) is 13.8 Å². The van der Waals surface area contributed by atoms with Crippen molar-refractivity contribution in [2.75, 3.05) is 18.4 Å². The Morgan fingerprint density at radius 1 is 0.867 bits per heavy atom. The Balaban J connectivity index is 0.953. The highest BCUT2D eigenvalue weighted by atomic mass is 35.5. The van der Waals surface area contributed by atoms with Crippen molar-refractivity contribution in [1.82, 2.24) is 10.3 Å². The van der Waals surface area contributed by atoms with Crippen LogP contribution in [0.4, 0.5) is 5.69 Å². The van der Waals surface area contributed by atoms with Crippen molar-refractivity contribution < 1.29 is 38.6 Å². The van der Waals surface area contributed by atoms with Crippen LogP contribution in [0.15, 0.2) is 30.5 Å². The molecule has 5 saturated carbocycles. The van der Waals surface area contributed by atoms with Crippen LogP contribution in [-0.4, -0.2) is 59.8 Å². The van der Waals surface area contributed by atoms with Crippen LogP contribution in [-0.2, 0) is 38.6 Å². The minimum absolute atomic E-state index is 0.0913. The topological polar surface area (TPSA) is 126 Å². The van der Waals surface area contributed by atoms with Gasteiger partial charge in [-0.1, -0.05) is 52.6 Å². The predicted octanol–water partition coefficient (Wildman–Crippen LogP) is 10.3. The number of pyridine rings is 1. The van der Waals surface area contributed by atoms with Gasteiger partial charge in [0.2, 0.25) is 11.6 Å². The summed E-state index contributed by atoms with van der Waals surface area (Å²) in [5.41, 5.74) is 1.61. The standard InChI is InChI=1S/C48H70ClN3O8/c1-29(2)39(51-23-24-52-40-17-22-50-41-26-34(49)12-13-35(40)41)16-11-30(3)36-14-15-37-44-38(27-43(46(36,37)7)56-32(5)54)45(6)20-21-48(28-33(45)25-42(44)55-31(4)53)59-57-47(58-60-48)18-9-8-10-19-47/h12-13,17,22,26,29-30,33,36-39,42-44,51H,8-11,14-16,18-21,23-25,27-28H2,1-7H3,(H,50,52)/t30-,33-,36-,37+,38+,39?,42-,43+,44+,45+,46-/m1/s1. The first-order chi connectivity index (χ1) is 28.7.